The van der Waals surface area contributed by atoms with Gasteiger partial charge in [0.05, 0.1) is 0 Å². The molecule has 0 atom stereocenters. The van der Waals surface area contributed by atoms with Gasteiger partial charge in [0.1, 0.15) is 0 Å². The van der Waals surface area contributed by atoms with E-state index >= 15 is 0 Å². The number of ether oxygens (including phenoxy) is 2. The van der Waals surface area contributed by atoms with Crippen molar-refractivity contribution in [1.29, 1.82) is 0 Å². The topological polar surface area (TPSA) is 81.9 Å². The van der Waals surface area contributed by atoms with E-state index in [9.17, 15) is 9.59 Å². The second-order valence-corrected chi connectivity index (χ2v) is 5.95. The summed E-state index contributed by atoms with van der Waals surface area (Å²) in [5, 5.41) is 1.59. The highest BCUT2D eigenvalue weighted by Crippen LogP contribution is 2.25. The molecule has 1 heterocycles. The predicted molar refractivity (Wildman–Crippen MR) is 65.0 cm³/mol. The van der Waals surface area contributed by atoms with E-state index in [4.69, 9.17) is 15.3 Å². The van der Waals surface area contributed by atoms with Crippen molar-refractivity contribution in [1.82, 2.24) is 5.01 Å². The monoisotopic (exact) mass is 258 g/mol. The second kappa shape index (κ2) is 4.85. The molecule has 1 saturated heterocycles. The molecule has 0 aromatic rings. The Balaban J connectivity index is 2.58. The van der Waals surface area contributed by atoms with Crippen molar-refractivity contribution >= 4 is 11.9 Å². The molecule has 104 valence electrons. The lowest BCUT2D eigenvalue weighted by Gasteiger charge is -2.35. The summed E-state index contributed by atoms with van der Waals surface area (Å²) in [4.78, 5) is 23.4. The summed E-state index contributed by atoms with van der Waals surface area (Å²) >= 11 is 0. The Labute approximate surface area is 107 Å². The standard InChI is InChI=1S/C12H22N2O4/c1-11(2,3)14(13)7-6-8-9(15)17-12(4,5)18-10(8)16/h8H,6-7,13H2,1-5H3. The normalized spacial score (nSPS) is 20.8. The van der Waals surface area contributed by atoms with Crippen LogP contribution in [0.5, 0.6) is 0 Å². The molecule has 0 spiro atoms. The maximum atomic E-state index is 11.7. The zero-order valence-corrected chi connectivity index (χ0v) is 11.6. The first-order chi connectivity index (χ1) is 8.03. The molecule has 1 rings (SSSR count). The fourth-order valence-corrected chi connectivity index (χ4v) is 1.58. The molecule has 1 aliphatic heterocycles. The van der Waals surface area contributed by atoms with Gasteiger partial charge in [-0.2, -0.15) is 0 Å². The number of hydrazine groups is 1. The van der Waals surface area contributed by atoms with Gasteiger partial charge in [0.15, 0.2) is 5.92 Å². The maximum absolute atomic E-state index is 11.7. The average molecular weight is 258 g/mol. The highest BCUT2D eigenvalue weighted by molar-refractivity contribution is 5.96. The van der Waals surface area contributed by atoms with E-state index in [0.717, 1.165) is 0 Å². The van der Waals surface area contributed by atoms with E-state index in [1.165, 1.54) is 13.8 Å². The van der Waals surface area contributed by atoms with Crippen molar-refractivity contribution in [3.8, 4) is 0 Å². The van der Waals surface area contributed by atoms with Gasteiger partial charge in [-0.3, -0.25) is 15.4 Å². The summed E-state index contributed by atoms with van der Waals surface area (Å²) < 4.78 is 10.1. The van der Waals surface area contributed by atoms with Crippen LogP contribution >= 0.6 is 0 Å². The summed E-state index contributed by atoms with van der Waals surface area (Å²) in [6, 6.07) is 0. The summed E-state index contributed by atoms with van der Waals surface area (Å²) in [5.41, 5.74) is -0.220. The molecule has 6 heteroatoms. The van der Waals surface area contributed by atoms with Crippen molar-refractivity contribution in [3.05, 3.63) is 0 Å². The minimum absolute atomic E-state index is 0.220. The zero-order chi connectivity index (χ0) is 14.1. The number of carbonyl (C=O) groups excluding carboxylic acids is 2. The van der Waals surface area contributed by atoms with Crippen LogP contribution < -0.4 is 5.84 Å². The maximum Gasteiger partial charge on any atom is 0.323 e. The third-order valence-corrected chi connectivity index (χ3v) is 2.78. The fraction of sp³-hybridized carbons (Fsp3) is 0.833. The molecule has 0 aliphatic carbocycles. The van der Waals surface area contributed by atoms with Crippen molar-refractivity contribution in [2.24, 2.45) is 11.8 Å². The van der Waals surface area contributed by atoms with Gasteiger partial charge in [-0.25, -0.2) is 5.01 Å². The number of hydrogen-bond acceptors (Lipinski definition) is 6. The van der Waals surface area contributed by atoms with Crippen LogP contribution in [0.25, 0.3) is 0 Å². The third-order valence-electron chi connectivity index (χ3n) is 2.78. The van der Waals surface area contributed by atoms with Gasteiger partial charge in [-0.15, -0.1) is 0 Å². The van der Waals surface area contributed by atoms with Gasteiger partial charge in [0, 0.05) is 25.9 Å². The Morgan fingerprint density at radius 1 is 1.22 bits per heavy atom. The molecule has 0 aromatic heterocycles. The summed E-state index contributed by atoms with van der Waals surface area (Å²) in [6.07, 6.45) is 0.293. The minimum atomic E-state index is -1.17. The molecule has 0 unspecified atom stereocenters. The second-order valence-electron chi connectivity index (χ2n) is 5.95. The van der Waals surface area contributed by atoms with E-state index in [0.29, 0.717) is 13.0 Å². The molecule has 1 aliphatic rings. The Bertz CT molecular complexity index is 326. The lowest BCUT2D eigenvalue weighted by atomic mass is 10.0. The van der Waals surface area contributed by atoms with E-state index in [-0.39, 0.29) is 5.54 Å². The van der Waals surface area contributed by atoms with Crippen LogP contribution in [0.15, 0.2) is 0 Å². The molecule has 0 aromatic carbocycles. The Kier molecular flexibility index (Phi) is 4.02. The first-order valence-corrected chi connectivity index (χ1v) is 6.01. The largest absolute Gasteiger partial charge is 0.422 e. The van der Waals surface area contributed by atoms with E-state index < -0.39 is 23.6 Å². The molecule has 0 bridgehead atoms. The zero-order valence-electron chi connectivity index (χ0n) is 11.6. The van der Waals surface area contributed by atoms with Gasteiger partial charge >= 0.3 is 11.9 Å². The van der Waals surface area contributed by atoms with Crippen molar-refractivity contribution in [2.45, 2.75) is 52.4 Å². The molecule has 18 heavy (non-hydrogen) atoms. The molecule has 0 radical (unpaired) electrons. The third kappa shape index (κ3) is 3.68. The smallest absolute Gasteiger partial charge is 0.323 e. The first kappa shape index (κ1) is 14.9. The van der Waals surface area contributed by atoms with Crippen molar-refractivity contribution < 1.29 is 19.1 Å². The number of nitrogens with two attached hydrogens (primary N) is 1. The van der Waals surface area contributed by atoms with E-state index in [1.54, 1.807) is 5.01 Å². The average Bonchev–Trinajstić information content (AvgIpc) is 2.12. The van der Waals surface area contributed by atoms with Gasteiger partial charge in [-0.1, -0.05) is 0 Å². The Morgan fingerprint density at radius 3 is 2.06 bits per heavy atom. The summed E-state index contributed by atoms with van der Waals surface area (Å²) in [7, 11) is 0. The molecule has 0 amide bonds. The van der Waals surface area contributed by atoms with Crippen LogP contribution in [-0.4, -0.2) is 34.8 Å². The number of carbonyl (C=O) groups is 2. The van der Waals surface area contributed by atoms with Crippen molar-refractivity contribution in [2.75, 3.05) is 6.54 Å². The van der Waals surface area contributed by atoms with Gasteiger partial charge < -0.3 is 9.47 Å². The molecule has 2 N–H and O–H groups in total. The van der Waals surface area contributed by atoms with Crippen LogP contribution in [0, 0.1) is 5.92 Å². The molecule has 1 fully saturated rings. The Morgan fingerprint density at radius 2 is 1.67 bits per heavy atom. The molecule has 0 saturated carbocycles. The molecular weight excluding hydrogens is 236 g/mol. The lowest BCUT2D eigenvalue weighted by molar-refractivity contribution is -0.240. The van der Waals surface area contributed by atoms with Gasteiger partial charge in [0.25, 0.3) is 5.79 Å². The quantitative estimate of drug-likeness (QED) is 0.349. The van der Waals surface area contributed by atoms with Crippen LogP contribution in [0.2, 0.25) is 0 Å². The van der Waals surface area contributed by atoms with Gasteiger partial charge in [-0.05, 0) is 27.2 Å². The number of nitrogens with zero attached hydrogens (tertiary/aromatic N) is 1. The number of esters is 2. The number of rotatable bonds is 3. The number of hydrogen-bond donors (Lipinski definition) is 1. The van der Waals surface area contributed by atoms with Crippen LogP contribution in [0.4, 0.5) is 0 Å². The molecule has 6 nitrogen and oxygen atoms in total. The predicted octanol–water partition coefficient (Wildman–Crippen LogP) is 0.803. The van der Waals surface area contributed by atoms with E-state index in [2.05, 4.69) is 0 Å². The number of cyclic esters (lactones) is 2. The summed E-state index contributed by atoms with van der Waals surface area (Å²) in [5.74, 6) is 2.70. The van der Waals surface area contributed by atoms with Crippen LogP contribution in [-0.2, 0) is 19.1 Å². The molecular formula is C12H22N2O4. The fourth-order valence-electron chi connectivity index (χ4n) is 1.58. The Hall–Kier alpha value is -1.14. The van der Waals surface area contributed by atoms with Gasteiger partial charge in [0.2, 0.25) is 0 Å². The highest BCUT2D eigenvalue weighted by atomic mass is 16.7. The van der Waals surface area contributed by atoms with Crippen LogP contribution in [0.1, 0.15) is 41.0 Å². The van der Waals surface area contributed by atoms with E-state index in [1.807, 2.05) is 20.8 Å². The minimum Gasteiger partial charge on any atom is -0.422 e. The van der Waals surface area contributed by atoms with Crippen molar-refractivity contribution in [3.63, 3.8) is 0 Å². The first-order valence-electron chi connectivity index (χ1n) is 6.01. The SMILES string of the molecule is CC1(C)OC(=O)C(CCN(N)C(C)(C)C)C(=O)O1. The summed E-state index contributed by atoms with van der Waals surface area (Å²) in [6.45, 7) is 9.33. The lowest BCUT2D eigenvalue weighted by Crippen LogP contribution is -2.50. The highest BCUT2D eigenvalue weighted by Gasteiger charge is 2.43. The van der Waals surface area contributed by atoms with Crippen LogP contribution in [0.3, 0.4) is 0 Å².